The van der Waals surface area contributed by atoms with Crippen molar-refractivity contribution in [2.75, 3.05) is 13.1 Å². The molecule has 1 unspecified atom stereocenters. The van der Waals surface area contributed by atoms with Gasteiger partial charge >= 0.3 is 0 Å². The van der Waals surface area contributed by atoms with E-state index in [4.69, 9.17) is 0 Å². The lowest BCUT2D eigenvalue weighted by atomic mass is 9.86. The average Bonchev–Trinajstić information content (AvgIpc) is 2.90. The number of aliphatic hydroxyl groups excluding tert-OH is 1. The van der Waals surface area contributed by atoms with Crippen LogP contribution in [0.2, 0.25) is 0 Å². The van der Waals surface area contributed by atoms with Crippen LogP contribution in [0.5, 0.6) is 0 Å². The molecule has 1 N–H and O–H groups in total. The van der Waals surface area contributed by atoms with Gasteiger partial charge in [0.05, 0.1) is 6.10 Å². The van der Waals surface area contributed by atoms with Gasteiger partial charge in [-0.05, 0) is 45.2 Å². The van der Waals surface area contributed by atoms with Gasteiger partial charge in [0.2, 0.25) is 0 Å². The molecule has 1 aliphatic heterocycles. The summed E-state index contributed by atoms with van der Waals surface area (Å²) in [5, 5.41) is 10.3. The van der Waals surface area contributed by atoms with Crippen molar-refractivity contribution in [1.82, 2.24) is 4.90 Å². The summed E-state index contributed by atoms with van der Waals surface area (Å²) in [5.74, 6) is 0. The van der Waals surface area contributed by atoms with Crippen molar-refractivity contribution in [1.29, 1.82) is 0 Å². The molecule has 2 rings (SSSR count). The van der Waals surface area contributed by atoms with E-state index in [-0.39, 0.29) is 11.6 Å². The quantitative estimate of drug-likeness (QED) is 0.718. The maximum Gasteiger partial charge on any atom is 0.0758 e. The summed E-state index contributed by atoms with van der Waals surface area (Å²) in [7, 11) is 0. The molecule has 2 aliphatic rings. The zero-order chi connectivity index (χ0) is 10.7. The summed E-state index contributed by atoms with van der Waals surface area (Å²) in [4.78, 5) is 2.55. The summed E-state index contributed by atoms with van der Waals surface area (Å²) in [6, 6.07) is 0. The van der Waals surface area contributed by atoms with Gasteiger partial charge in [-0.2, -0.15) is 0 Å². The second kappa shape index (κ2) is 4.67. The number of aliphatic hydroxyl groups is 1. The van der Waals surface area contributed by atoms with Crippen LogP contribution in [0.1, 0.15) is 44.9 Å². The number of rotatable bonds is 4. The Hall–Kier alpha value is -0.340. The highest BCUT2D eigenvalue weighted by Crippen LogP contribution is 2.40. The molecule has 1 aliphatic carbocycles. The lowest BCUT2D eigenvalue weighted by molar-refractivity contribution is -0.0157. The van der Waals surface area contributed by atoms with Crippen molar-refractivity contribution in [3.63, 3.8) is 0 Å². The predicted molar refractivity (Wildman–Crippen MR) is 62.8 cm³/mol. The molecule has 0 radical (unpaired) electrons. The molecular weight excluding hydrogens is 186 g/mol. The zero-order valence-corrected chi connectivity index (χ0v) is 9.62. The molecular formula is C13H23NO. The van der Waals surface area contributed by atoms with Crippen LogP contribution in [-0.4, -0.2) is 34.7 Å². The molecule has 1 atom stereocenters. The summed E-state index contributed by atoms with van der Waals surface area (Å²) in [5.41, 5.74) is 0.102. The normalized spacial score (nSPS) is 28.1. The van der Waals surface area contributed by atoms with Crippen LogP contribution in [0.15, 0.2) is 12.7 Å². The van der Waals surface area contributed by atoms with E-state index in [1.54, 1.807) is 0 Å². The van der Waals surface area contributed by atoms with Gasteiger partial charge in [-0.25, -0.2) is 0 Å². The molecule has 86 valence electrons. The van der Waals surface area contributed by atoms with Crippen molar-refractivity contribution in [3.05, 3.63) is 12.7 Å². The zero-order valence-electron chi connectivity index (χ0n) is 9.62. The minimum Gasteiger partial charge on any atom is -0.391 e. The number of likely N-dealkylation sites (tertiary alicyclic amines) is 1. The molecule has 0 aromatic rings. The van der Waals surface area contributed by atoms with Gasteiger partial charge < -0.3 is 5.11 Å². The number of nitrogens with zero attached hydrogens (tertiary/aromatic N) is 1. The number of hydrogen-bond acceptors (Lipinski definition) is 2. The maximum absolute atomic E-state index is 10.3. The van der Waals surface area contributed by atoms with Crippen LogP contribution in [0.25, 0.3) is 0 Å². The monoisotopic (exact) mass is 209 g/mol. The Bertz CT molecular complexity index is 215. The van der Waals surface area contributed by atoms with E-state index in [2.05, 4.69) is 11.5 Å². The fourth-order valence-electron chi connectivity index (χ4n) is 3.39. The Balaban J connectivity index is 2.11. The Morgan fingerprint density at radius 2 is 1.80 bits per heavy atom. The van der Waals surface area contributed by atoms with Gasteiger partial charge in [-0.3, -0.25) is 4.90 Å². The van der Waals surface area contributed by atoms with E-state index < -0.39 is 0 Å². The highest BCUT2D eigenvalue weighted by molar-refractivity contribution is 5.03. The SMILES string of the molecule is C=CCC(O)C1(N2CCCC2)CCCC1. The van der Waals surface area contributed by atoms with E-state index in [1.165, 1.54) is 51.6 Å². The standard InChI is InChI=1S/C13H23NO/c1-2-7-12(15)13(8-3-4-9-13)14-10-5-6-11-14/h2,12,15H,1,3-11H2. The first kappa shape index (κ1) is 11.2. The van der Waals surface area contributed by atoms with E-state index in [9.17, 15) is 5.11 Å². The van der Waals surface area contributed by atoms with Crippen molar-refractivity contribution < 1.29 is 5.11 Å². The third-order valence-corrected chi connectivity index (χ3v) is 4.22. The second-order valence-corrected chi connectivity index (χ2v) is 5.05. The minimum atomic E-state index is -0.199. The molecule has 2 fully saturated rings. The smallest absolute Gasteiger partial charge is 0.0758 e. The molecule has 0 bridgehead atoms. The van der Waals surface area contributed by atoms with E-state index in [0.29, 0.717) is 0 Å². The predicted octanol–water partition coefficient (Wildman–Crippen LogP) is 2.33. The molecule has 1 heterocycles. The van der Waals surface area contributed by atoms with Crippen LogP contribution in [0.4, 0.5) is 0 Å². The highest BCUT2D eigenvalue weighted by Gasteiger charge is 2.45. The van der Waals surface area contributed by atoms with Crippen molar-refractivity contribution in [3.8, 4) is 0 Å². The summed E-state index contributed by atoms with van der Waals surface area (Å²) in [6.07, 6.45) is 9.96. The van der Waals surface area contributed by atoms with Crippen molar-refractivity contribution in [2.24, 2.45) is 0 Å². The molecule has 1 saturated heterocycles. The average molecular weight is 209 g/mol. The van der Waals surface area contributed by atoms with Crippen LogP contribution < -0.4 is 0 Å². The second-order valence-electron chi connectivity index (χ2n) is 5.05. The van der Waals surface area contributed by atoms with E-state index in [1.807, 2.05) is 6.08 Å². The minimum absolute atomic E-state index is 0.102. The summed E-state index contributed by atoms with van der Waals surface area (Å²) in [6.45, 7) is 6.13. The molecule has 1 saturated carbocycles. The first-order valence-corrected chi connectivity index (χ1v) is 6.33. The third-order valence-electron chi connectivity index (χ3n) is 4.22. The van der Waals surface area contributed by atoms with Gasteiger partial charge in [0.25, 0.3) is 0 Å². The van der Waals surface area contributed by atoms with Gasteiger partial charge in [0.15, 0.2) is 0 Å². The molecule has 2 nitrogen and oxygen atoms in total. The largest absolute Gasteiger partial charge is 0.391 e. The Labute approximate surface area is 93.0 Å². The topological polar surface area (TPSA) is 23.5 Å². The first-order chi connectivity index (χ1) is 7.29. The lowest BCUT2D eigenvalue weighted by Crippen LogP contribution is -2.53. The van der Waals surface area contributed by atoms with Crippen LogP contribution in [0.3, 0.4) is 0 Å². The Kier molecular flexibility index (Phi) is 3.47. The summed E-state index contributed by atoms with van der Waals surface area (Å²) < 4.78 is 0. The van der Waals surface area contributed by atoms with E-state index in [0.717, 1.165) is 6.42 Å². The molecule has 15 heavy (non-hydrogen) atoms. The maximum atomic E-state index is 10.3. The van der Waals surface area contributed by atoms with Crippen LogP contribution in [0, 0.1) is 0 Å². The fourth-order valence-corrected chi connectivity index (χ4v) is 3.39. The molecule has 0 amide bonds. The highest BCUT2D eigenvalue weighted by atomic mass is 16.3. The van der Waals surface area contributed by atoms with Crippen molar-refractivity contribution in [2.45, 2.75) is 56.6 Å². The molecule has 0 aromatic heterocycles. The van der Waals surface area contributed by atoms with Crippen LogP contribution in [-0.2, 0) is 0 Å². The van der Waals surface area contributed by atoms with Gasteiger partial charge in [0.1, 0.15) is 0 Å². The van der Waals surface area contributed by atoms with Crippen LogP contribution >= 0.6 is 0 Å². The fraction of sp³-hybridized carbons (Fsp3) is 0.846. The number of hydrogen-bond donors (Lipinski definition) is 1. The van der Waals surface area contributed by atoms with Gasteiger partial charge in [-0.15, -0.1) is 6.58 Å². The Morgan fingerprint density at radius 1 is 1.20 bits per heavy atom. The third kappa shape index (κ3) is 1.98. The van der Waals surface area contributed by atoms with Crippen molar-refractivity contribution >= 4 is 0 Å². The molecule has 0 aromatic carbocycles. The van der Waals surface area contributed by atoms with Gasteiger partial charge in [0, 0.05) is 5.54 Å². The Morgan fingerprint density at radius 3 is 2.33 bits per heavy atom. The van der Waals surface area contributed by atoms with E-state index >= 15 is 0 Å². The lowest BCUT2D eigenvalue weighted by Gasteiger charge is -2.42. The summed E-state index contributed by atoms with van der Waals surface area (Å²) >= 11 is 0. The molecule has 2 heteroatoms. The first-order valence-electron chi connectivity index (χ1n) is 6.33. The molecule has 0 spiro atoms. The van der Waals surface area contributed by atoms with Gasteiger partial charge in [-0.1, -0.05) is 18.9 Å².